The maximum atomic E-state index is 10.1. The Morgan fingerprint density at radius 3 is 2.36 bits per heavy atom. The van der Waals surface area contributed by atoms with E-state index < -0.39 is 5.97 Å². The lowest BCUT2D eigenvalue weighted by molar-refractivity contribution is -0.136. The van der Waals surface area contributed by atoms with Crippen LogP contribution in [0.15, 0.2) is 12.5 Å². The van der Waals surface area contributed by atoms with Gasteiger partial charge in [-0.1, -0.05) is 27.7 Å². The fourth-order valence-electron chi connectivity index (χ4n) is 0.663. The molecule has 0 saturated heterocycles. The second kappa shape index (κ2) is 11.7. The second-order valence-electron chi connectivity index (χ2n) is 1.97. The van der Waals surface area contributed by atoms with Crippen LogP contribution in [0, 0.1) is 0 Å². The normalized spacial score (nSPS) is 7.71. The van der Waals surface area contributed by atoms with Gasteiger partial charge in [-0.05, 0) is 6.42 Å². The second-order valence-corrected chi connectivity index (χ2v) is 1.97. The Balaban J connectivity index is 0. The molecule has 82 valence electrons. The predicted molar refractivity (Wildman–Crippen MR) is 57.2 cm³/mol. The summed E-state index contributed by atoms with van der Waals surface area (Å²) in [5.74, 6) is -0.783. The number of carbonyl (C=O) groups is 1. The lowest BCUT2D eigenvalue weighted by Gasteiger charge is -1.89. The molecule has 0 aromatic carbocycles. The molecule has 0 saturated carbocycles. The minimum absolute atomic E-state index is 0.155. The van der Waals surface area contributed by atoms with Crippen LogP contribution < -0.4 is 0 Å². The molecular weight excluding hydrogens is 180 g/mol. The molecule has 4 nitrogen and oxygen atoms in total. The van der Waals surface area contributed by atoms with Gasteiger partial charge in [0.1, 0.15) is 0 Å². The Bertz CT molecular complexity index is 208. The molecule has 0 unspecified atom stereocenters. The van der Waals surface area contributed by atoms with Gasteiger partial charge >= 0.3 is 5.97 Å². The quantitative estimate of drug-likeness (QED) is 0.787. The average Bonchev–Trinajstić information content (AvgIpc) is 2.73. The number of hydrogen-bond acceptors (Lipinski definition) is 2. The Hall–Kier alpha value is -1.32. The number of nitrogens with zero attached hydrogens (tertiary/aromatic N) is 1. The molecule has 14 heavy (non-hydrogen) atoms. The molecule has 0 aliphatic rings. The molecule has 0 fully saturated rings. The van der Waals surface area contributed by atoms with Crippen LogP contribution in [0.25, 0.3) is 0 Å². The van der Waals surface area contributed by atoms with Crippen LogP contribution in [0.3, 0.4) is 0 Å². The van der Waals surface area contributed by atoms with E-state index in [1.807, 2.05) is 27.7 Å². The van der Waals surface area contributed by atoms with Crippen molar-refractivity contribution in [3.63, 3.8) is 0 Å². The van der Waals surface area contributed by atoms with Gasteiger partial charge in [0, 0.05) is 11.9 Å². The molecule has 0 aliphatic heterocycles. The molecule has 0 amide bonds. The molecule has 0 aliphatic carbocycles. The van der Waals surface area contributed by atoms with Crippen LogP contribution >= 0.6 is 0 Å². The van der Waals surface area contributed by atoms with Crippen LogP contribution in [-0.4, -0.2) is 21.0 Å². The van der Waals surface area contributed by atoms with Crippen molar-refractivity contribution >= 4 is 5.97 Å². The van der Waals surface area contributed by atoms with Gasteiger partial charge in [0.05, 0.1) is 12.7 Å². The van der Waals surface area contributed by atoms with Crippen molar-refractivity contribution in [3.8, 4) is 0 Å². The fourth-order valence-corrected chi connectivity index (χ4v) is 0.663. The Morgan fingerprint density at radius 2 is 2.00 bits per heavy atom. The van der Waals surface area contributed by atoms with E-state index in [-0.39, 0.29) is 6.42 Å². The van der Waals surface area contributed by atoms with E-state index in [9.17, 15) is 4.79 Å². The van der Waals surface area contributed by atoms with Gasteiger partial charge < -0.3 is 10.1 Å². The zero-order valence-electron chi connectivity index (χ0n) is 9.37. The van der Waals surface area contributed by atoms with E-state index in [0.29, 0.717) is 6.42 Å². The summed E-state index contributed by atoms with van der Waals surface area (Å²) >= 11 is 0. The van der Waals surface area contributed by atoms with Crippen molar-refractivity contribution in [2.75, 3.05) is 0 Å². The summed E-state index contributed by atoms with van der Waals surface area (Å²) in [5.41, 5.74) is 0.863. The zero-order valence-corrected chi connectivity index (χ0v) is 9.37. The van der Waals surface area contributed by atoms with Crippen molar-refractivity contribution in [2.24, 2.45) is 0 Å². The van der Waals surface area contributed by atoms with Crippen LogP contribution in [-0.2, 0) is 11.2 Å². The molecule has 0 spiro atoms. The lowest BCUT2D eigenvalue weighted by atomic mass is 10.2. The minimum atomic E-state index is -0.783. The van der Waals surface area contributed by atoms with Gasteiger partial charge in [-0.2, -0.15) is 0 Å². The molecule has 1 heterocycles. The molecule has 1 aromatic heterocycles. The number of aromatic amines is 1. The molecular formula is C10H20N2O2. The highest BCUT2D eigenvalue weighted by Gasteiger charge is 1.98. The van der Waals surface area contributed by atoms with E-state index in [2.05, 4.69) is 9.97 Å². The number of aromatic nitrogens is 2. The first-order valence-electron chi connectivity index (χ1n) is 4.98. The first kappa shape index (κ1) is 15.2. The molecule has 0 atom stereocenters. The van der Waals surface area contributed by atoms with E-state index in [1.54, 1.807) is 6.20 Å². The third-order valence-corrected chi connectivity index (χ3v) is 1.16. The summed E-state index contributed by atoms with van der Waals surface area (Å²) in [5, 5.41) is 8.28. The Morgan fingerprint density at radius 1 is 1.43 bits per heavy atom. The number of rotatable bonds is 3. The largest absolute Gasteiger partial charge is 0.481 e. The van der Waals surface area contributed by atoms with E-state index in [4.69, 9.17) is 5.11 Å². The monoisotopic (exact) mass is 200 g/mol. The topological polar surface area (TPSA) is 66.0 Å². The third kappa shape index (κ3) is 8.77. The van der Waals surface area contributed by atoms with Crippen molar-refractivity contribution in [1.82, 2.24) is 9.97 Å². The number of imidazole rings is 1. The van der Waals surface area contributed by atoms with Crippen molar-refractivity contribution in [3.05, 3.63) is 18.2 Å². The number of hydrogen-bond donors (Lipinski definition) is 2. The zero-order chi connectivity index (χ0) is 11.4. The summed E-state index contributed by atoms with van der Waals surface area (Å²) in [6.07, 6.45) is 3.84. The van der Waals surface area contributed by atoms with E-state index in [1.165, 1.54) is 6.33 Å². The van der Waals surface area contributed by atoms with Gasteiger partial charge in [-0.15, -0.1) is 0 Å². The standard InChI is InChI=1S/C6H8N2O2.2C2H6/c9-6(10)2-1-5-3-7-4-8-5;2*1-2/h3-4H,1-2H2,(H,7,8)(H,9,10);2*1-2H3. The maximum Gasteiger partial charge on any atom is 0.303 e. The fraction of sp³-hybridized carbons (Fsp3) is 0.600. The highest BCUT2D eigenvalue weighted by atomic mass is 16.4. The number of nitrogens with one attached hydrogen (secondary N) is 1. The highest BCUT2D eigenvalue weighted by Crippen LogP contribution is 1.95. The first-order valence-corrected chi connectivity index (χ1v) is 4.98. The number of aryl methyl sites for hydroxylation is 1. The molecule has 4 heteroatoms. The predicted octanol–water partition coefficient (Wildman–Crippen LogP) is 2.48. The molecule has 1 rings (SSSR count). The van der Waals surface area contributed by atoms with Crippen molar-refractivity contribution < 1.29 is 9.90 Å². The summed E-state index contributed by atoms with van der Waals surface area (Å²) in [7, 11) is 0. The van der Waals surface area contributed by atoms with Gasteiger partial charge in [0.15, 0.2) is 0 Å². The van der Waals surface area contributed by atoms with E-state index in [0.717, 1.165) is 5.69 Å². The smallest absolute Gasteiger partial charge is 0.303 e. The van der Waals surface area contributed by atoms with Crippen LogP contribution in [0.1, 0.15) is 39.8 Å². The lowest BCUT2D eigenvalue weighted by Crippen LogP contribution is -1.97. The number of H-pyrrole nitrogens is 1. The molecule has 2 N–H and O–H groups in total. The number of carboxylic acids is 1. The Kier molecular flexibility index (Phi) is 12.7. The molecule has 0 bridgehead atoms. The third-order valence-electron chi connectivity index (χ3n) is 1.16. The summed E-state index contributed by atoms with van der Waals surface area (Å²) in [4.78, 5) is 16.6. The highest BCUT2D eigenvalue weighted by molar-refractivity contribution is 5.66. The number of aliphatic carboxylic acids is 1. The van der Waals surface area contributed by atoms with Crippen molar-refractivity contribution in [1.29, 1.82) is 0 Å². The summed E-state index contributed by atoms with van der Waals surface area (Å²) < 4.78 is 0. The molecule has 0 radical (unpaired) electrons. The number of carboxylic acid groups (broad SMARTS) is 1. The van der Waals surface area contributed by atoms with E-state index >= 15 is 0 Å². The Labute approximate surface area is 85.4 Å². The minimum Gasteiger partial charge on any atom is -0.481 e. The van der Waals surface area contributed by atoms with Gasteiger partial charge in [-0.3, -0.25) is 4.79 Å². The SMILES string of the molecule is CC.CC.O=C(O)CCc1cnc[nH]1. The van der Waals surface area contributed by atoms with Crippen LogP contribution in [0.2, 0.25) is 0 Å². The summed E-state index contributed by atoms with van der Waals surface area (Å²) in [6, 6.07) is 0. The average molecular weight is 200 g/mol. The van der Waals surface area contributed by atoms with Crippen LogP contribution in [0.5, 0.6) is 0 Å². The summed E-state index contributed by atoms with van der Waals surface area (Å²) in [6.45, 7) is 8.00. The van der Waals surface area contributed by atoms with Gasteiger partial charge in [0.25, 0.3) is 0 Å². The maximum absolute atomic E-state index is 10.1. The van der Waals surface area contributed by atoms with Crippen molar-refractivity contribution in [2.45, 2.75) is 40.5 Å². The van der Waals surface area contributed by atoms with Gasteiger partial charge in [0.2, 0.25) is 0 Å². The molecule has 1 aromatic rings. The van der Waals surface area contributed by atoms with Gasteiger partial charge in [-0.25, -0.2) is 4.98 Å². The van der Waals surface area contributed by atoms with Crippen LogP contribution in [0.4, 0.5) is 0 Å². The first-order chi connectivity index (χ1) is 6.79.